The minimum atomic E-state index is -0.934. The van der Waals surface area contributed by atoms with E-state index < -0.39 is 5.54 Å². The van der Waals surface area contributed by atoms with Gasteiger partial charge >= 0.3 is 0 Å². The maximum Gasteiger partial charge on any atom is 0.255 e. The number of halogens is 2. The molecule has 2 amide bonds. The van der Waals surface area contributed by atoms with Crippen LogP contribution in [0.5, 0.6) is 0 Å². The number of hydrogen-bond acceptors (Lipinski definition) is 3. The monoisotopic (exact) mass is 415 g/mol. The Hall–Kier alpha value is -1.30. The van der Waals surface area contributed by atoms with E-state index in [2.05, 4.69) is 5.32 Å². The van der Waals surface area contributed by atoms with Crippen LogP contribution in [0.3, 0.4) is 0 Å². The molecule has 0 spiro atoms. The highest BCUT2D eigenvalue weighted by Crippen LogP contribution is 2.27. The van der Waals surface area contributed by atoms with Gasteiger partial charge in [0.1, 0.15) is 0 Å². The molecule has 1 fully saturated rings. The number of nitrogens with two attached hydrogens (primary N) is 1. The summed E-state index contributed by atoms with van der Waals surface area (Å²) in [7, 11) is 1.84. The molecular weight excluding hydrogens is 385 g/mol. The Labute approximate surface area is 173 Å². The molecular formula is C20H31Cl2N3O2. The van der Waals surface area contributed by atoms with Gasteiger partial charge in [-0.1, -0.05) is 44.2 Å². The molecule has 1 unspecified atom stereocenters. The fraction of sp³-hybridized carbons (Fsp3) is 0.600. The van der Waals surface area contributed by atoms with Crippen molar-refractivity contribution >= 4 is 41.5 Å². The van der Waals surface area contributed by atoms with E-state index in [4.69, 9.17) is 17.3 Å². The van der Waals surface area contributed by atoms with Crippen molar-refractivity contribution in [2.45, 2.75) is 70.4 Å². The van der Waals surface area contributed by atoms with Crippen molar-refractivity contribution in [1.82, 2.24) is 4.90 Å². The molecule has 0 aromatic heterocycles. The zero-order valence-electron chi connectivity index (χ0n) is 16.4. The fourth-order valence-corrected chi connectivity index (χ4v) is 3.76. The summed E-state index contributed by atoms with van der Waals surface area (Å²) in [6.07, 6.45) is 7.07. The molecule has 1 aliphatic rings. The van der Waals surface area contributed by atoms with E-state index in [0.717, 1.165) is 32.1 Å². The summed E-state index contributed by atoms with van der Waals surface area (Å²) in [5.74, 6) is -0.330. The summed E-state index contributed by atoms with van der Waals surface area (Å²) in [4.78, 5) is 26.9. The molecule has 7 heteroatoms. The average molecular weight is 416 g/mol. The highest BCUT2D eigenvalue weighted by molar-refractivity contribution is 6.34. The maximum absolute atomic E-state index is 12.8. The van der Waals surface area contributed by atoms with E-state index in [9.17, 15) is 9.59 Å². The van der Waals surface area contributed by atoms with Gasteiger partial charge in [0.2, 0.25) is 5.91 Å². The van der Waals surface area contributed by atoms with Crippen LogP contribution in [0.15, 0.2) is 18.2 Å². The van der Waals surface area contributed by atoms with Crippen molar-refractivity contribution in [2.24, 2.45) is 5.73 Å². The molecule has 5 nitrogen and oxygen atoms in total. The van der Waals surface area contributed by atoms with Crippen molar-refractivity contribution in [3.05, 3.63) is 28.8 Å². The first-order chi connectivity index (χ1) is 12.3. The van der Waals surface area contributed by atoms with Crippen LogP contribution in [0.4, 0.5) is 5.69 Å². The zero-order valence-corrected chi connectivity index (χ0v) is 18.0. The van der Waals surface area contributed by atoms with Crippen molar-refractivity contribution in [2.75, 3.05) is 12.4 Å². The van der Waals surface area contributed by atoms with E-state index in [-0.39, 0.29) is 30.3 Å². The standard InChI is InChI=1S/C20H30ClN3O2.ClH/c1-4-12-20(2,22)19(26)23-14-10-11-16(17(21)13-14)18(25)24(3)15-8-6-5-7-9-15;/h10-11,13,15H,4-9,12,22H2,1-3H3,(H,23,26);1H. The van der Waals surface area contributed by atoms with Crippen molar-refractivity contribution in [1.29, 1.82) is 0 Å². The van der Waals surface area contributed by atoms with Gasteiger partial charge in [-0.3, -0.25) is 9.59 Å². The van der Waals surface area contributed by atoms with Crippen molar-refractivity contribution in [3.63, 3.8) is 0 Å². The molecule has 27 heavy (non-hydrogen) atoms. The zero-order chi connectivity index (χ0) is 19.3. The second-order valence-electron chi connectivity index (χ2n) is 7.52. The highest BCUT2D eigenvalue weighted by Gasteiger charge is 2.28. The van der Waals surface area contributed by atoms with Crippen LogP contribution in [0.1, 0.15) is 69.2 Å². The van der Waals surface area contributed by atoms with Gasteiger partial charge in [0.25, 0.3) is 5.91 Å². The molecule has 1 aliphatic carbocycles. The third-order valence-corrected chi connectivity index (χ3v) is 5.50. The van der Waals surface area contributed by atoms with Crippen LogP contribution in [0.25, 0.3) is 0 Å². The quantitative estimate of drug-likeness (QED) is 0.711. The molecule has 1 saturated carbocycles. The number of carbonyl (C=O) groups is 2. The largest absolute Gasteiger partial charge is 0.339 e. The number of hydrogen-bond donors (Lipinski definition) is 2. The molecule has 1 aromatic rings. The minimum absolute atomic E-state index is 0. The number of carbonyl (C=O) groups excluding carboxylic acids is 2. The van der Waals surface area contributed by atoms with Gasteiger partial charge in [0.05, 0.1) is 16.1 Å². The van der Waals surface area contributed by atoms with Crippen LogP contribution < -0.4 is 11.1 Å². The third kappa shape index (κ3) is 6.09. The number of anilines is 1. The summed E-state index contributed by atoms with van der Waals surface area (Å²) < 4.78 is 0. The van der Waals surface area contributed by atoms with Crippen LogP contribution in [0.2, 0.25) is 5.02 Å². The molecule has 152 valence electrons. The van der Waals surface area contributed by atoms with Crippen LogP contribution >= 0.6 is 24.0 Å². The number of amides is 2. The Morgan fingerprint density at radius 2 is 1.93 bits per heavy atom. The fourth-order valence-electron chi connectivity index (χ4n) is 3.50. The lowest BCUT2D eigenvalue weighted by atomic mass is 9.94. The summed E-state index contributed by atoms with van der Waals surface area (Å²) in [6, 6.07) is 5.27. The summed E-state index contributed by atoms with van der Waals surface area (Å²) >= 11 is 6.34. The second kappa shape index (κ2) is 10.3. The lowest BCUT2D eigenvalue weighted by molar-refractivity contribution is -0.120. The average Bonchev–Trinajstić information content (AvgIpc) is 2.61. The van der Waals surface area contributed by atoms with Crippen LogP contribution in [0, 0.1) is 0 Å². The molecule has 3 N–H and O–H groups in total. The van der Waals surface area contributed by atoms with Gasteiger partial charge < -0.3 is 16.0 Å². The Morgan fingerprint density at radius 1 is 1.30 bits per heavy atom. The van der Waals surface area contributed by atoms with Crippen LogP contribution in [-0.2, 0) is 4.79 Å². The van der Waals surface area contributed by atoms with E-state index >= 15 is 0 Å². The highest BCUT2D eigenvalue weighted by atomic mass is 35.5. The van der Waals surface area contributed by atoms with Gasteiger partial charge in [-0.25, -0.2) is 0 Å². The first-order valence-electron chi connectivity index (χ1n) is 9.43. The molecule has 1 aromatic carbocycles. The number of rotatable bonds is 6. The molecule has 0 heterocycles. The molecule has 0 bridgehead atoms. The topological polar surface area (TPSA) is 75.4 Å². The van der Waals surface area contributed by atoms with Gasteiger partial charge in [-0.05, 0) is 44.4 Å². The lowest BCUT2D eigenvalue weighted by Gasteiger charge is -2.31. The number of benzene rings is 1. The van der Waals surface area contributed by atoms with Crippen molar-refractivity contribution in [3.8, 4) is 0 Å². The van der Waals surface area contributed by atoms with Gasteiger partial charge in [0, 0.05) is 18.8 Å². The third-order valence-electron chi connectivity index (χ3n) is 5.19. The Morgan fingerprint density at radius 3 is 2.48 bits per heavy atom. The summed E-state index contributed by atoms with van der Waals surface area (Å²) in [5.41, 5.74) is 6.12. The summed E-state index contributed by atoms with van der Waals surface area (Å²) in [6.45, 7) is 3.70. The van der Waals surface area contributed by atoms with Crippen LogP contribution in [-0.4, -0.2) is 35.3 Å². The first-order valence-corrected chi connectivity index (χ1v) is 9.81. The summed E-state index contributed by atoms with van der Waals surface area (Å²) in [5, 5.41) is 3.13. The van der Waals surface area contributed by atoms with Gasteiger partial charge in [0.15, 0.2) is 0 Å². The molecule has 0 aliphatic heterocycles. The molecule has 1 atom stereocenters. The Kier molecular flexibility index (Phi) is 9.06. The molecule has 2 rings (SSSR count). The lowest BCUT2D eigenvalue weighted by Crippen LogP contribution is -2.48. The molecule has 0 saturated heterocycles. The van der Waals surface area contributed by atoms with E-state index in [0.29, 0.717) is 22.7 Å². The smallest absolute Gasteiger partial charge is 0.255 e. The second-order valence-corrected chi connectivity index (χ2v) is 7.93. The minimum Gasteiger partial charge on any atom is -0.339 e. The van der Waals surface area contributed by atoms with Gasteiger partial charge in [-0.2, -0.15) is 0 Å². The first kappa shape index (κ1) is 23.7. The maximum atomic E-state index is 12.8. The Bertz CT molecular complexity index is 659. The van der Waals surface area contributed by atoms with E-state index in [1.165, 1.54) is 6.42 Å². The van der Waals surface area contributed by atoms with E-state index in [1.807, 2.05) is 14.0 Å². The molecule has 0 radical (unpaired) electrons. The van der Waals surface area contributed by atoms with E-state index in [1.54, 1.807) is 30.0 Å². The number of nitrogens with one attached hydrogen (secondary N) is 1. The van der Waals surface area contributed by atoms with Crippen molar-refractivity contribution < 1.29 is 9.59 Å². The predicted molar refractivity (Wildman–Crippen MR) is 114 cm³/mol. The SMILES string of the molecule is CCCC(C)(N)C(=O)Nc1ccc(C(=O)N(C)C2CCCCC2)c(Cl)c1.Cl. The normalized spacial score (nSPS) is 16.8. The Balaban J connectivity index is 0.00000364. The van der Waals surface area contributed by atoms with Gasteiger partial charge in [-0.15, -0.1) is 12.4 Å². The predicted octanol–water partition coefficient (Wildman–Crippen LogP) is 4.62. The number of nitrogens with zero attached hydrogens (tertiary/aromatic N) is 1.